The second kappa shape index (κ2) is 5.27. The first kappa shape index (κ1) is 12.6. The molecule has 1 N–H and O–H groups in total. The van der Waals surface area contributed by atoms with E-state index < -0.39 is 6.10 Å². The number of aliphatic hydroxyl groups excluding tert-OH is 1. The number of fused-ring (bicyclic) bond motifs is 1. The van der Waals surface area contributed by atoms with E-state index in [9.17, 15) is 5.11 Å². The highest BCUT2D eigenvalue weighted by Crippen LogP contribution is 2.35. The van der Waals surface area contributed by atoms with Crippen molar-refractivity contribution in [2.24, 2.45) is 7.05 Å². The van der Waals surface area contributed by atoms with Crippen LogP contribution in [0, 0.1) is 0 Å². The summed E-state index contributed by atoms with van der Waals surface area (Å²) in [6, 6.07) is 9.86. The van der Waals surface area contributed by atoms with Gasteiger partial charge in [-0.05, 0) is 18.2 Å². The zero-order valence-electron chi connectivity index (χ0n) is 10.7. The van der Waals surface area contributed by atoms with Crippen LogP contribution < -0.4 is 4.74 Å². The molecule has 0 saturated carbocycles. The van der Waals surface area contributed by atoms with Crippen molar-refractivity contribution in [1.29, 1.82) is 0 Å². The molecule has 2 aromatic rings. The van der Waals surface area contributed by atoms with E-state index in [-0.39, 0.29) is 6.10 Å². The number of aromatic nitrogens is 2. The van der Waals surface area contributed by atoms with E-state index in [0.717, 1.165) is 22.1 Å². The van der Waals surface area contributed by atoms with Crippen LogP contribution in [0.2, 0.25) is 0 Å². The van der Waals surface area contributed by atoms with Crippen LogP contribution in [-0.2, 0) is 13.5 Å². The number of aryl methyl sites for hydroxylation is 1. The molecule has 100 valence electrons. The SMILES string of the molecule is Cn1ccc(CC(O)C2CSc3ccccc3O2)n1. The summed E-state index contributed by atoms with van der Waals surface area (Å²) in [6.45, 7) is 0. The van der Waals surface area contributed by atoms with Crippen molar-refractivity contribution in [3.05, 3.63) is 42.2 Å². The highest BCUT2D eigenvalue weighted by atomic mass is 32.2. The van der Waals surface area contributed by atoms with Gasteiger partial charge in [0.15, 0.2) is 0 Å². The van der Waals surface area contributed by atoms with Gasteiger partial charge in [-0.1, -0.05) is 12.1 Å². The molecule has 1 aromatic heterocycles. The van der Waals surface area contributed by atoms with E-state index in [1.54, 1.807) is 16.4 Å². The summed E-state index contributed by atoms with van der Waals surface area (Å²) in [5.74, 6) is 1.63. The number of aliphatic hydroxyl groups is 1. The van der Waals surface area contributed by atoms with E-state index in [4.69, 9.17) is 4.74 Å². The second-order valence-electron chi connectivity index (χ2n) is 4.67. The molecular formula is C14H16N2O2S. The van der Waals surface area contributed by atoms with Gasteiger partial charge in [0.1, 0.15) is 11.9 Å². The molecule has 3 rings (SSSR count). The molecule has 1 aliphatic rings. The molecule has 0 bridgehead atoms. The third kappa shape index (κ3) is 2.77. The molecule has 1 aliphatic heterocycles. The molecule has 1 aromatic carbocycles. The van der Waals surface area contributed by atoms with E-state index in [0.29, 0.717) is 6.42 Å². The third-order valence-electron chi connectivity index (χ3n) is 3.15. The van der Waals surface area contributed by atoms with E-state index in [1.165, 1.54) is 0 Å². The predicted molar refractivity (Wildman–Crippen MR) is 74.5 cm³/mol. The number of para-hydroxylation sites is 1. The van der Waals surface area contributed by atoms with Gasteiger partial charge in [-0.2, -0.15) is 5.10 Å². The average molecular weight is 276 g/mol. The molecule has 0 fully saturated rings. The van der Waals surface area contributed by atoms with Crippen LogP contribution in [0.3, 0.4) is 0 Å². The zero-order chi connectivity index (χ0) is 13.2. The monoisotopic (exact) mass is 276 g/mol. The summed E-state index contributed by atoms with van der Waals surface area (Å²) >= 11 is 1.73. The van der Waals surface area contributed by atoms with Crippen molar-refractivity contribution in [1.82, 2.24) is 9.78 Å². The van der Waals surface area contributed by atoms with Crippen molar-refractivity contribution in [2.45, 2.75) is 23.5 Å². The molecule has 0 aliphatic carbocycles. The lowest BCUT2D eigenvalue weighted by Crippen LogP contribution is -2.37. The lowest BCUT2D eigenvalue weighted by molar-refractivity contribution is 0.0461. The Morgan fingerprint density at radius 2 is 2.32 bits per heavy atom. The fourth-order valence-corrected chi connectivity index (χ4v) is 3.21. The lowest BCUT2D eigenvalue weighted by atomic mass is 10.1. The number of nitrogens with zero attached hydrogens (tertiary/aromatic N) is 2. The minimum Gasteiger partial charge on any atom is -0.486 e. The van der Waals surface area contributed by atoms with Crippen molar-refractivity contribution >= 4 is 11.8 Å². The van der Waals surface area contributed by atoms with Crippen molar-refractivity contribution in [3.8, 4) is 5.75 Å². The topological polar surface area (TPSA) is 47.3 Å². The zero-order valence-corrected chi connectivity index (χ0v) is 11.5. The van der Waals surface area contributed by atoms with Gasteiger partial charge in [-0.3, -0.25) is 4.68 Å². The summed E-state index contributed by atoms with van der Waals surface area (Å²) in [5, 5.41) is 14.6. The molecule has 0 amide bonds. The Bertz CT molecular complexity index is 570. The van der Waals surface area contributed by atoms with Crippen molar-refractivity contribution in [2.75, 3.05) is 5.75 Å². The van der Waals surface area contributed by atoms with Crippen LogP contribution in [-0.4, -0.2) is 32.8 Å². The maximum absolute atomic E-state index is 10.3. The van der Waals surface area contributed by atoms with Crippen LogP contribution >= 0.6 is 11.8 Å². The summed E-state index contributed by atoms with van der Waals surface area (Å²) in [4.78, 5) is 1.14. The predicted octanol–water partition coefficient (Wildman–Crippen LogP) is 1.88. The maximum atomic E-state index is 10.3. The van der Waals surface area contributed by atoms with Crippen LogP contribution in [0.1, 0.15) is 5.69 Å². The van der Waals surface area contributed by atoms with E-state index >= 15 is 0 Å². The Kier molecular flexibility index (Phi) is 3.48. The highest BCUT2D eigenvalue weighted by molar-refractivity contribution is 7.99. The Labute approximate surface area is 116 Å². The number of rotatable bonds is 3. The molecule has 0 spiro atoms. The number of hydrogen-bond acceptors (Lipinski definition) is 4. The molecule has 0 saturated heterocycles. The Morgan fingerprint density at radius 3 is 3.11 bits per heavy atom. The Balaban J connectivity index is 1.67. The minimum absolute atomic E-state index is 0.179. The number of ether oxygens (including phenoxy) is 1. The van der Waals surface area contributed by atoms with Gasteiger partial charge in [0.05, 0.1) is 11.8 Å². The highest BCUT2D eigenvalue weighted by Gasteiger charge is 2.27. The van der Waals surface area contributed by atoms with Crippen molar-refractivity contribution < 1.29 is 9.84 Å². The number of thioether (sulfide) groups is 1. The van der Waals surface area contributed by atoms with Crippen LogP contribution in [0.4, 0.5) is 0 Å². The first-order valence-electron chi connectivity index (χ1n) is 6.27. The molecule has 2 unspecified atom stereocenters. The molecule has 19 heavy (non-hydrogen) atoms. The Morgan fingerprint density at radius 1 is 1.47 bits per heavy atom. The molecule has 4 nitrogen and oxygen atoms in total. The van der Waals surface area contributed by atoms with Gasteiger partial charge in [-0.15, -0.1) is 11.8 Å². The fraction of sp³-hybridized carbons (Fsp3) is 0.357. The van der Waals surface area contributed by atoms with Gasteiger partial charge < -0.3 is 9.84 Å². The minimum atomic E-state index is -0.532. The quantitative estimate of drug-likeness (QED) is 0.930. The average Bonchev–Trinajstić information content (AvgIpc) is 2.83. The first-order valence-corrected chi connectivity index (χ1v) is 7.26. The summed E-state index contributed by atoms with van der Waals surface area (Å²) in [7, 11) is 1.87. The molecule has 2 atom stereocenters. The van der Waals surface area contributed by atoms with Crippen LogP contribution in [0.15, 0.2) is 41.4 Å². The lowest BCUT2D eigenvalue weighted by Gasteiger charge is -2.28. The van der Waals surface area contributed by atoms with Crippen molar-refractivity contribution in [3.63, 3.8) is 0 Å². The van der Waals surface area contributed by atoms with Crippen LogP contribution in [0.5, 0.6) is 5.75 Å². The number of hydrogen-bond donors (Lipinski definition) is 1. The second-order valence-corrected chi connectivity index (χ2v) is 5.73. The smallest absolute Gasteiger partial charge is 0.134 e. The van der Waals surface area contributed by atoms with Gasteiger partial charge in [0.25, 0.3) is 0 Å². The van der Waals surface area contributed by atoms with Gasteiger partial charge in [0, 0.05) is 30.3 Å². The molecule has 5 heteroatoms. The van der Waals surface area contributed by atoms with Gasteiger partial charge in [0.2, 0.25) is 0 Å². The molecule has 2 heterocycles. The molecular weight excluding hydrogens is 260 g/mol. The standard InChI is InChI=1S/C14H16N2O2S/c1-16-7-6-10(15-16)8-11(17)13-9-19-14-5-3-2-4-12(14)18-13/h2-7,11,13,17H,8-9H2,1H3. The summed E-state index contributed by atoms with van der Waals surface area (Å²) in [5.41, 5.74) is 0.891. The summed E-state index contributed by atoms with van der Waals surface area (Å²) in [6.07, 6.45) is 1.69. The Hall–Kier alpha value is -1.46. The third-order valence-corrected chi connectivity index (χ3v) is 4.29. The maximum Gasteiger partial charge on any atom is 0.134 e. The largest absolute Gasteiger partial charge is 0.486 e. The van der Waals surface area contributed by atoms with E-state index in [1.807, 2.05) is 43.6 Å². The van der Waals surface area contributed by atoms with Crippen LogP contribution in [0.25, 0.3) is 0 Å². The molecule has 0 radical (unpaired) electrons. The first-order chi connectivity index (χ1) is 9.22. The summed E-state index contributed by atoms with van der Waals surface area (Å²) < 4.78 is 7.61. The normalized spacial score (nSPS) is 19.6. The van der Waals surface area contributed by atoms with Gasteiger partial charge >= 0.3 is 0 Å². The van der Waals surface area contributed by atoms with Gasteiger partial charge in [-0.25, -0.2) is 0 Å². The van der Waals surface area contributed by atoms with E-state index in [2.05, 4.69) is 5.10 Å². The fourth-order valence-electron chi connectivity index (χ4n) is 2.14. The number of benzene rings is 1.